The summed E-state index contributed by atoms with van der Waals surface area (Å²) in [5.41, 5.74) is 0.927. The first-order valence-corrected chi connectivity index (χ1v) is 7.76. The van der Waals surface area contributed by atoms with Crippen LogP contribution in [0.15, 0.2) is 24.3 Å². The maximum absolute atomic E-state index is 12.9. The fourth-order valence-electron chi connectivity index (χ4n) is 3.22. The van der Waals surface area contributed by atoms with Crippen molar-refractivity contribution >= 4 is 5.91 Å². The molecule has 0 bridgehead atoms. The minimum atomic E-state index is -0.253. The van der Waals surface area contributed by atoms with Crippen LogP contribution in [0.4, 0.5) is 4.39 Å². The Morgan fingerprint density at radius 3 is 2.43 bits per heavy atom. The number of halogens is 1. The van der Waals surface area contributed by atoms with Gasteiger partial charge in [0.05, 0.1) is 26.2 Å². The van der Waals surface area contributed by atoms with Crippen molar-refractivity contribution in [1.29, 1.82) is 0 Å². The highest BCUT2D eigenvalue weighted by Crippen LogP contribution is 2.26. The predicted octanol–water partition coefficient (Wildman–Crippen LogP) is 3.02. The SMILES string of the molecule is C[C@H](NC(=O)C[N+](C)(C)C1CCCC1)c1ccc(F)cc1. The monoisotopic (exact) mass is 293 g/mol. The smallest absolute Gasteiger partial charge is 0.275 e. The van der Waals surface area contributed by atoms with E-state index in [-0.39, 0.29) is 17.8 Å². The van der Waals surface area contributed by atoms with Gasteiger partial charge in [-0.05, 0) is 50.3 Å². The molecule has 1 aromatic rings. The van der Waals surface area contributed by atoms with Crippen molar-refractivity contribution in [3.63, 3.8) is 0 Å². The van der Waals surface area contributed by atoms with Gasteiger partial charge in [-0.2, -0.15) is 0 Å². The zero-order valence-electron chi connectivity index (χ0n) is 13.2. The van der Waals surface area contributed by atoms with E-state index in [1.165, 1.54) is 37.8 Å². The van der Waals surface area contributed by atoms with E-state index in [2.05, 4.69) is 19.4 Å². The largest absolute Gasteiger partial charge is 0.345 e. The average molecular weight is 293 g/mol. The van der Waals surface area contributed by atoms with Crippen LogP contribution in [0, 0.1) is 5.82 Å². The number of nitrogens with zero attached hydrogens (tertiary/aromatic N) is 1. The normalized spacial score (nSPS) is 17.7. The molecule has 1 atom stereocenters. The van der Waals surface area contributed by atoms with Crippen LogP contribution in [-0.4, -0.2) is 37.1 Å². The molecule has 4 heteroatoms. The van der Waals surface area contributed by atoms with E-state index in [0.29, 0.717) is 12.6 Å². The molecule has 0 radical (unpaired) electrons. The summed E-state index contributed by atoms with van der Waals surface area (Å²) < 4.78 is 13.7. The van der Waals surface area contributed by atoms with Crippen LogP contribution in [0.5, 0.6) is 0 Å². The van der Waals surface area contributed by atoms with Crippen LogP contribution < -0.4 is 5.32 Å². The first-order chi connectivity index (χ1) is 9.88. The zero-order valence-corrected chi connectivity index (χ0v) is 13.2. The summed E-state index contributed by atoms with van der Waals surface area (Å²) in [5.74, 6) is -0.194. The lowest BCUT2D eigenvalue weighted by atomic mass is 10.1. The predicted molar refractivity (Wildman–Crippen MR) is 82.2 cm³/mol. The molecule has 0 aliphatic heterocycles. The Balaban J connectivity index is 1.90. The van der Waals surface area contributed by atoms with Gasteiger partial charge in [-0.1, -0.05) is 12.1 Å². The first kappa shape index (κ1) is 16.0. The van der Waals surface area contributed by atoms with Gasteiger partial charge in [0, 0.05) is 0 Å². The summed E-state index contributed by atoms with van der Waals surface area (Å²) in [5, 5.41) is 3.02. The lowest BCUT2D eigenvalue weighted by Crippen LogP contribution is -2.53. The Morgan fingerprint density at radius 2 is 1.86 bits per heavy atom. The molecule has 0 spiro atoms. The second kappa shape index (κ2) is 6.56. The molecule has 1 amide bonds. The van der Waals surface area contributed by atoms with Crippen molar-refractivity contribution in [2.45, 2.75) is 44.7 Å². The number of likely N-dealkylation sites (N-methyl/N-ethyl adjacent to an activating group) is 1. The second-order valence-corrected chi connectivity index (χ2v) is 6.72. The number of benzene rings is 1. The molecule has 0 heterocycles. The Bertz CT molecular complexity index is 478. The minimum Gasteiger partial charge on any atom is -0.345 e. The second-order valence-electron chi connectivity index (χ2n) is 6.72. The number of rotatable bonds is 5. The summed E-state index contributed by atoms with van der Waals surface area (Å²) in [6, 6.07) is 6.79. The molecule has 116 valence electrons. The van der Waals surface area contributed by atoms with Crippen LogP contribution >= 0.6 is 0 Å². The molecule has 3 nitrogen and oxygen atoms in total. The van der Waals surface area contributed by atoms with Crippen LogP contribution in [0.2, 0.25) is 0 Å². The lowest BCUT2D eigenvalue weighted by molar-refractivity contribution is -0.906. The topological polar surface area (TPSA) is 29.1 Å². The number of hydrogen-bond donors (Lipinski definition) is 1. The van der Waals surface area contributed by atoms with Crippen LogP contribution in [0.1, 0.15) is 44.2 Å². The van der Waals surface area contributed by atoms with Crippen molar-refractivity contribution in [1.82, 2.24) is 5.32 Å². The maximum atomic E-state index is 12.9. The van der Waals surface area contributed by atoms with Gasteiger partial charge in [0.15, 0.2) is 6.54 Å². The molecule has 1 fully saturated rings. The quantitative estimate of drug-likeness (QED) is 0.831. The molecule has 1 aliphatic rings. The number of hydrogen-bond acceptors (Lipinski definition) is 1. The Labute approximate surface area is 126 Å². The van der Waals surface area contributed by atoms with Crippen LogP contribution in [-0.2, 0) is 4.79 Å². The van der Waals surface area contributed by atoms with Gasteiger partial charge in [-0.3, -0.25) is 4.79 Å². The van der Waals surface area contributed by atoms with Gasteiger partial charge in [0.1, 0.15) is 5.82 Å². The highest BCUT2D eigenvalue weighted by atomic mass is 19.1. The summed E-state index contributed by atoms with van der Waals surface area (Å²) >= 11 is 0. The van der Waals surface area contributed by atoms with Crippen LogP contribution in [0.25, 0.3) is 0 Å². The molecule has 1 N–H and O–H groups in total. The molecule has 0 aromatic heterocycles. The van der Waals surface area contributed by atoms with Gasteiger partial charge in [-0.25, -0.2) is 4.39 Å². The highest BCUT2D eigenvalue weighted by Gasteiger charge is 2.33. The zero-order chi connectivity index (χ0) is 15.5. The first-order valence-electron chi connectivity index (χ1n) is 7.76. The third-order valence-electron chi connectivity index (χ3n) is 4.61. The average Bonchev–Trinajstić information content (AvgIpc) is 2.93. The van der Waals surface area contributed by atoms with Crippen molar-refractivity contribution in [2.24, 2.45) is 0 Å². The van der Waals surface area contributed by atoms with E-state index in [0.717, 1.165) is 10.0 Å². The Morgan fingerprint density at radius 1 is 1.29 bits per heavy atom. The third kappa shape index (κ3) is 4.27. The number of amides is 1. The molecule has 21 heavy (non-hydrogen) atoms. The molecule has 1 aromatic carbocycles. The van der Waals surface area contributed by atoms with Gasteiger partial charge in [0.25, 0.3) is 5.91 Å². The Kier molecular flexibility index (Phi) is 4.99. The molecule has 1 saturated carbocycles. The van der Waals surface area contributed by atoms with Gasteiger partial charge >= 0.3 is 0 Å². The van der Waals surface area contributed by atoms with E-state index in [9.17, 15) is 9.18 Å². The van der Waals surface area contributed by atoms with Gasteiger partial charge < -0.3 is 9.80 Å². The summed E-state index contributed by atoms with van der Waals surface area (Å²) in [7, 11) is 4.27. The van der Waals surface area contributed by atoms with Gasteiger partial charge in [0.2, 0.25) is 0 Å². The van der Waals surface area contributed by atoms with Crippen LogP contribution in [0.3, 0.4) is 0 Å². The van der Waals surface area contributed by atoms with Crippen molar-refractivity contribution in [2.75, 3.05) is 20.6 Å². The van der Waals surface area contributed by atoms with Gasteiger partial charge in [-0.15, -0.1) is 0 Å². The molecular formula is C17H26FN2O+. The molecule has 1 aliphatic carbocycles. The third-order valence-corrected chi connectivity index (χ3v) is 4.61. The molecule has 0 saturated heterocycles. The standard InChI is InChI=1S/C17H25FN2O/c1-13(14-8-10-15(18)11-9-14)19-17(21)12-20(2,3)16-6-4-5-7-16/h8-11,13,16H,4-7,12H2,1-3H3/p+1/t13-/m0/s1. The molecule has 2 rings (SSSR count). The lowest BCUT2D eigenvalue weighted by Gasteiger charge is -2.35. The van der Waals surface area contributed by atoms with E-state index in [4.69, 9.17) is 0 Å². The maximum Gasteiger partial charge on any atom is 0.275 e. The summed E-state index contributed by atoms with van der Waals surface area (Å²) in [6.07, 6.45) is 4.99. The van der Waals surface area contributed by atoms with E-state index < -0.39 is 0 Å². The van der Waals surface area contributed by atoms with E-state index >= 15 is 0 Å². The number of nitrogens with one attached hydrogen (secondary N) is 1. The Hall–Kier alpha value is -1.42. The highest BCUT2D eigenvalue weighted by molar-refractivity contribution is 5.77. The van der Waals surface area contributed by atoms with Crippen molar-refractivity contribution in [3.8, 4) is 0 Å². The van der Waals surface area contributed by atoms with E-state index in [1.807, 2.05) is 6.92 Å². The fraction of sp³-hybridized carbons (Fsp3) is 0.588. The number of carbonyl (C=O) groups excluding carboxylic acids is 1. The molecular weight excluding hydrogens is 267 g/mol. The summed E-state index contributed by atoms with van der Waals surface area (Å²) in [6.45, 7) is 2.43. The van der Waals surface area contributed by atoms with E-state index in [1.54, 1.807) is 12.1 Å². The molecule has 0 unspecified atom stereocenters. The number of carbonyl (C=O) groups is 1. The van der Waals surface area contributed by atoms with Crippen molar-refractivity contribution in [3.05, 3.63) is 35.6 Å². The number of quaternary nitrogens is 1. The van der Waals surface area contributed by atoms with Crippen molar-refractivity contribution < 1.29 is 13.7 Å². The minimum absolute atomic E-state index is 0.0590. The fourth-order valence-corrected chi connectivity index (χ4v) is 3.22. The summed E-state index contributed by atoms with van der Waals surface area (Å²) in [4.78, 5) is 12.3.